The SMILES string of the molecule is CCCCCCCC1CCCCC(NC)C1. The summed E-state index contributed by atoms with van der Waals surface area (Å²) in [5.41, 5.74) is 0. The highest BCUT2D eigenvalue weighted by atomic mass is 14.9. The van der Waals surface area contributed by atoms with Crippen LogP contribution in [0.3, 0.4) is 0 Å². The topological polar surface area (TPSA) is 12.0 Å². The van der Waals surface area contributed by atoms with Gasteiger partial charge in [-0.1, -0.05) is 64.7 Å². The van der Waals surface area contributed by atoms with Crippen LogP contribution in [0, 0.1) is 5.92 Å². The maximum atomic E-state index is 3.48. The second-order valence-corrected chi connectivity index (χ2v) is 5.57. The van der Waals surface area contributed by atoms with Gasteiger partial charge in [-0.25, -0.2) is 0 Å². The van der Waals surface area contributed by atoms with Gasteiger partial charge in [0.05, 0.1) is 0 Å². The Morgan fingerprint density at radius 1 is 1.00 bits per heavy atom. The third-order valence-corrected chi connectivity index (χ3v) is 4.16. The van der Waals surface area contributed by atoms with Gasteiger partial charge in [0.15, 0.2) is 0 Å². The fourth-order valence-electron chi connectivity index (χ4n) is 3.02. The van der Waals surface area contributed by atoms with Gasteiger partial charge in [0.25, 0.3) is 0 Å². The van der Waals surface area contributed by atoms with E-state index < -0.39 is 0 Å². The van der Waals surface area contributed by atoms with Crippen molar-refractivity contribution in [1.29, 1.82) is 0 Å². The molecular formula is C15H31N. The van der Waals surface area contributed by atoms with Crippen LogP contribution in [0.1, 0.15) is 77.6 Å². The molecule has 0 spiro atoms. The monoisotopic (exact) mass is 225 g/mol. The maximum absolute atomic E-state index is 3.48. The molecule has 96 valence electrons. The van der Waals surface area contributed by atoms with E-state index in [-0.39, 0.29) is 0 Å². The fourth-order valence-corrected chi connectivity index (χ4v) is 3.02. The Hall–Kier alpha value is -0.0400. The van der Waals surface area contributed by atoms with Crippen LogP contribution >= 0.6 is 0 Å². The second-order valence-electron chi connectivity index (χ2n) is 5.57. The van der Waals surface area contributed by atoms with Crippen LogP contribution in [-0.4, -0.2) is 13.1 Å². The van der Waals surface area contributed by atoms with E-state index in [1.807, 2.05) is 0 Å². The average molecular weight is 225 g/mol. The molecule has 1 nitrogen and oxygen atoms in total. The molecule has 0 radical (unpaired) electrons. The lowest BCUT2D eigenvalue weighted by atomic mass is 9.92. The van der Waals surface area contributed by atoms with Crippen LogP contribution < -0.4 is 5.32 Å². The van der Waals surface area contributed by atoms with Crippen LogP contribution in [0.25, 0.3) is 0 Å². The predicted molar refractivity (Wildman–Crippen MR) is 72.8 cm³/mol. The van der Waals surface area contributed by atoms with Gasteiger partial charge in [-0.15, -0.1) is 0 Å². The minimum Gasteiger partial charge on any atom is -0.317 e. The highest BCUT2D eigenvalue weighted by Crippen LogP contribution is 2.27. The minimum absolute atomic E-state index is 0.808. The van der Waals surface area contributed by atoms with E-state index in [2.05, 4.69) is 19.3 Å². The maximum Gasteiger partial charge on any atom is 0.00667 e. The van der Waals surface area contributed by atoms with E-state index >= 15 is 0 Å². The lowest BCUT2D eigenvalue weighted by Gasteiger charge is -2.19. The van der Waals surface area contributed by atoms with E-state index in [1.165, 1.54) is 70.6 Å². The highest BCUT2D eigenvalue weighted by Gasteiger charge is 2.18. The van der Waals surface area contributed by atoms with Gasteiger partial charge in [-0.05, 0) is 25.8 Å². The zero-order chi connectivity index (χ0) is 11.6. The van der Waals surface area contributed by atoms with Gasteiger partial charge >= 0.3 is 0 Å². The van der Waals surface area contributed by atoms with Crippen molar-refractivity contribution in [2.24, 2.45) is 5.92 Å². The predicted octanol–water partition coefficient (Wildman–Crippen LogP) is 4.52. The molecule has 1 aliphatic rings. The molecule has 0 saturated heterocycles. The molecule has 0 heterocycles. The van der Waals surface area contributed by atoms with Gasteiger partial charge in [0.2, 0.25) is 0 Å². The first kappa shape index (κ1) is 14.0. The van der Waals surface area contributed by atoms with E-state index in [1.54, 1.807) is 0 Å². The molecule has 1 saturated carbocycles. The van der Waals surface area contributed by atoms with Crippen LogP contribution in [0.4, 0.5) is 0 Å². The Bertz CT molecular complexity index is 156. The van der Waals surface area contributed by atoms with Crippen molar-refractivity contribution in [3.63, 3.8) is 0 Å². The van der Waals surface area contributed by atoms with E-state index in [4.69, 9.17) is 0 Å². The Labute approximate surface area is 102 Å². The lowest BCUT2D eigenvalue weighted by Crippen LogP contribution is -2.26. The summed E-state index contributed by atoms with van der Waals surface area (Å²) in [7, 11) is 2.13. The summed E-state index contributed by atoms with van der Waals surface area (Å²) in [5, 5.41) is 3.48. The number of hydrogen-bond acceptors (Lipinski definition) is 1. The first-order valence-electron chi connectivity index (χ1n) is 7.54. The first-order valence-corrected chi connectivity index (χ1v) is 7.54. The highest BCUT2D eigenvalue weighted by molar-refractivity contribution is 4.75. The molecule has 2 unspecified atom stereocenters. The molecule has 0 aliphatic heterocycles. The van der Waals surface area contributed by atoms with Crippen molar-refractivity contribution in [3.8, 4) is 0 Å². The molecule has 0 aromatic rings. The number of nitrogens with one attached hydrogen (secondary N) is 1. The molecule has 0 bridgehead atoms. The Kier molecular flexibility index (Phi) is 7.92. The fraction of sp³-hybridized carbons (Fsp3) is 1.00. The first-order chi connectivity index (χ1) is 7.86. The summed E-state index contributed by atoms with van der Waals surface area (Å²) < 4.78 is 0. The lowest BCUT2D eigenvalue weighted by molar-refractivity contribution is 0.367. The zero-order valence-electron chi connectivity index (χ0n) is 11.4. The van der Waals surface area contributed by atoms with Crippen molar-refractivity contribution in [1.82, 2.24) is 5.32 Å². The summed E-state index contributed by atoms with van der Waals surface area (Å²) in [6.45, 7) is 2.29. The summed E-state index contributed by atoms with van der Waals surface area (Å²) in [6, 6.07) is 0.808. The van der Waals surface area contributed by atoms with Crippen molar-refractivity contribution < 1.29 is 0 Å². The van der Waals surface area contributed by atoms with Crippen LogP contribution in [0.2, 0.25) is 0 Å². The molecule has 1 aliphatic carbocycles. The summed E-state index contributed by atoms with van der Waals surface area (Å²) >= 11 is 0. The number of unbranched alkanes of at least 4 members (excludes halogenated alkanes) is 4. The molecule has 2 atom stereocenters. The van der Waals surface area contributed by atoms with Gasteiger partial charge in [0, 0.05) is 6.04 Å². The molecule has 16 heavy (non-hydrogen) atoms. The van der Waals surface area contributed by atoms with Gasteiger partial charge < -0.3 is 5.32 Å². The Morgan fingerprint density at radius 2 is 1.75 bits per heavy atom. The number of hydrogen-bond donors (Lipinski definition) is 1. The third-order valence-electron chi connectivity index (χ3n) is 4.16. The Balaban J connectivity index is 2.09. The molecular weight excluding hydrogens is 194 g/mol. The summed E-state index contributed by atoms with van der Waals surface area (Å²) in [5.74, 6) is 1.02. The average Bonchev–Trinajstić information content (AvgIpc) is 2.54. The van der Waals surface area contributed by atoms with E-state index in [0.29, 0.717) is 0 Å². The number of rotatable bonds is 7. The van der Waals surface area contributed by atoms with Crippen LogP contribution in [0.5, 0.6) is 0 Å². The molecule has 0 aromatic carbocycles. The van der Waals surface area contributed by atoms with Crippen molar-refractivity contribution >= 4 is 0 Å². The molecule has 1 rings (SSSR count). The minimum atomic E-state index is 0.808. The van der Waals surface area contributed by atoms with Gasteiger partial charge in [-0.3, -0.25) is 0 Å². The van der Waals surface area contributed by atoms with Crippen molar-refractivity contribution in [3.05, 3.63) is 0 Å². The molecule has 1 heteroatoms. The zero-order valence-corrected chi connectivity index (χ0v) is 11.4. The summed E-state index contributed by atoms with van der Waals surface area (Å²) in [4.78, 5) is 0. The molecule has 1 fully saturated rings. The molecule has 0 aromatic heterocycles. The van der Waals surface area contributed by atoms with Gasteiger partial charge in [-0.2, -0.15) is 0 Å². The van der Waals surface area contributed by atoms with Gasteiger partial charge in [0.1, 0.15) is 0 Å². The smallest absolute Gasteiger partial charge is 0.00667 e. The largest absolute Gasteiger partial charge is 0.317 e. The second kappa shape index (κ2) is 9.04. The Morgan fingerprint density at radius 3 is 2.50 bits per heavy atom. The van der Waals surface area contributed by atoms with E-state index in [0.717, 1.165) is 12.0 Å². The molecule has 0 amide bonds. The van der Waals surface area contributed by atoms with Crippen molar-refractivity contribution in [2.45, 2.75) is 83.6 Å². The standard InChI is InChI=1S/C15H31N/c1-3-4-5-6-7-10-14-11-8-9-12-15(13-14)16-2/h14-16H,3-13H2,1-2H3. The van der Waals surface area contributed by atoms with E-state index in [9.17, 15) is 0 Å². The third kappa shape index (κ3) is 5.89. The van der Waals surface area contributed by atoms with Crippen LogP contribution in [-0.2, 0) is 0 Å². The normalized spacial score (nSPS) is 26.6. The molecule has 1 N–H and O–H groups in total. The summed E-state index contributed by atoms with van der Waals surface area (Å²) in [6.07, 6.45) is 15.9. The quantitative estimate of drug-likeness (QED) is 0.496. The van der Waals surface area contributed by atoms with Crippen LogP contribution in [0.15, 0.2) is 0 Å². The van der Waals surface area contributed by atoms with Crippen molar-refractivity contribution in [2.75, 3.05) is 7.05 Å².